The summed E-state index contributed by atoms with van der Waals surface area (Å²) in [7, 11) is 0. The van der Waals surface area contributed by atoms with E-state index in [1.54, 1.807) is 6.33 Å². The van der Waals surface area contributed by atoms with Crippen LogP contribution in [0.25, 0.3) is 11.0 Å². The van der Waals surface area contributed by atoms with Gasteiger partial charge in [-0.15, -0.1) is 0 Å². The summed E-state index contributed by atoms with van der Waals surface area (Å²) in [6.45, 7) is 5.68. The number of aromatic nitrogens is 3. The maximum Gasteiger partial charge on any atom is 0.143 e. The molecule has 0 radical (unpaired) electrons. The number of hydrogen-bond donors (Lipinski definition) is 2. The van der Waals surface area contributed by atoms with Gasteiger partial charge in [0.2, 0.25) is 0 Å². The zero-order valence-electron chi connectivity index (χ0n) is 15.6. The highest BCUT2D eigenvalue weighted by atomic mass is 16.5. The van der Waals surface area contributed by atoms with Crippen LogP contribution in [0.3, 0.4) is 0 Å². The molecule has 27 heavy (non-hydrogen) atoms. The zero-order chi connectivity index (χ0) is 18.2. The minimum Gasteiger partial charge on any atom is -0.379 e. The second-order valence-electron chi connectivity index (χ2n) is 7.51. The van der Waals surface area contributed by atoms with Crippen molar-refractivity contribution in [3.05, 3.63) is 53.5 Å². The molecule has 2 N–H and O–H groups in total. The number of nitrogens with one attached hydrogen (secondary N) is 2. The Kier molecular flexibility index (Phi) is 4.30. The third-order valence-corrected chi connectivity index (χ3v) is 5.85. The topological polar surface area (TPSA) is 66.1 Å². The van der Waals surface area contributed by atoms with Crippen molar-refractivity contribution in [3.8, 4) is 0 Å². The van der Waals surface area contributed by atoms with Crippen LogP contribution in [0.1, 0.15) is 29.3 Å². The second kappa shape index (κ2) is 6.94. The van der Waals surface area contributed by atoms with Gasteiger partial charge < -0.3 is 15.0 Å². The van der Waals surface area contributed by atoms with Crippen molar-refractivity contribution >= 4 is 16.9 Å². The number of aromatic amines is 1. The second-order valence-corrected chi connectivity index (χ2v) is 7.51. The molecule has 3 aromatic rings. The van der Waals surface area contributed by atoms with Crippen LogP contribution < -0.4 is 5.32 Å². The Bertz CT molecular complexity index is 947. The first kappa shape index (κ1) is 16.7. The third-order valence-electron chi connectivity index (χ3n) is 5.85. The molecule has 1 saturated heterocycles. The number of ether oxygens (including phenoxy) is 1. The highest BCUT2D eigenvalue weighted by molar-refractivity contribution is 5.87. The summed E-state index contributed by atoms with van der Waals surface area (Å²) in [5.74, 6) is 0.907. The summed E-state index contributed by atoms with van der Waals surface area (Å²) in [5.41, 5.74) is 4.81. The molecule has 3 heterocycles. The molecule has 6 nitrogen and oxygen atoms in total. The predicted octanol–water partition coefficient (Wildman–Crippen LogP) is 3.07. The normalized spacial score (nSPS) is 23.3. The molecule has 140 valence electrons. The molecule has 1 fully saturated rings. The van der Waals surface area contributed by atoms with Gasteiger partial charge in [0.25, 0.3) is 0 Å². The Morgan fingerprint density at radius 1 is 1.19 bits per heavy atom. The van der Waals surface area contributed by atoms with Crippen molar-refractivity contribution in [1.29, 1.82) is 0 Å². The van der Waals surface area contributed by atoms with Gasteiger partial charge in [-0.2, -0.15) is 0 Å². The molecule has 0 spiro atoms. The van der Waals surface area contributed by atoms with E-state index >= 15 is 0 Å². The molecule has 0 unspecified atom stereocenters. The molecule has 0 amide bonds. The Morgan fingerprint density at radius 2 is 2.04 bits per heavy atom. The fourth-order valence-electron chi connectivity index (χ4n) is 4.55. The standard InChI is InChI=1S/C21H25N5O/c1-14-12-17-20(24-14)22-13-23-21(17)25-19-16-5-3-2-4-15(16)6-7-18(19)26-8-10-27-11-9-26/h2-5,12-13,18-19H,6-11H2,1H3,(H2,22,23,24,25)/t18-,19-/m0/s1. The smallest absolute Gasteiger partial charge is 0.143 e. The van der Waals surface area contributed by atoms with Crippen molar-refractivity contribution in [2.45, 2.75) is 31.8 Å². The molecule has 0 bridgehead atoms. The van der Waals surface area contributed by atoms with E-state index in [4.69, 9.17) is 4.74 Å². The van der Waals surface area contributed by atoms with E-state index in [0.717, 1.165) is 61.7 Å². The predicted molar refractivity (Wildman–Crippen MR) is 106 cm³/mol. The summed E-state index contributed by atoms with van der Waals surface area (Å²) in [6.07, 6.45) is 3.91. The number of fused-ring (bicyclic) bond motifs is 2. The average Bonchev–Trinajstić information content (AvgIpc) is 3.10. The molecule has 6 heteroatoms. The first-order chi connectivity index (χ1) is 13.3. The van der Waals surface area contributed by atoms with Crippen molar-refractivity contribution in [3.63, 3.8) is 0 Å². The van der Waals surface area contributed by atoms with Crippen molar-refractivity contribution in [1.82, 2.24) is 19.9 Å². The summed E-state index contributed by atoms with van der Waals surface area (Å²) < 4.78 is 5.59. The molecule has 1 aromatic carbocycles. The summed E-state index contributed by atoms with van der Waals surface area (Å²) >= 11 is 0. The number of nitrogens with zero attached hydrogens (tertiary/aromatic N) is 3. The van der Waals surface area contributed by atoms with Gasteiger partial charge in [-0.05, 0) is 37.0 Å². The molecule has 1 aliphatic carbocycles. The molecule has 2 atom stereocenters. The zero-order valence-corrected chi connectivity index (χ0v) is 15.6. The minimum absolute atomic E-state index is 0.210. The number of benzene rings is 1. The number of H-pyrrole nitrogens is 1. The molecular formula is C21H25N5O. The Balaban J connectivity index is 1.54. The van der Waals surface area contributed by atoms with Crippen molar-refractivity contribution < 1.29 is 4.74 Å². The van der Waals surface area contributed by atoms with Gasteiger partial charge in [-0.1, -0.05) is 24.3 Å². The summed E-state index contributed by atoms with van der Waals surface area (Å²) in [5, 5.41) is 4.84. The average molecular weight is 363 g/mol. The van der Waals surface area contributed by atoms with E-state index in [1.165, 1.54) is 11.1 Å². The summed E-state index contributed by atoms with van der Waals surface area (Å²) in [6, 6.07) is 11.6. The van der Waals surface area contributed by atoms with Crippen LogP contribution in [0.4, 0.5) is 5.82 Å². The van der Waals surface area contributed by atoms with Gasteiger partial charge in [0.15, 0.2) is 0 Å². The molecule has 2 aromatic heterocycles. The van der Waals surface area contributed by atoms with Crippen LogP contribution in [-0.4, -0.2) is 52.2 Å². The first-order valence-electron chi connectivity index (χ1n) is 9.76. The lowest BCUT2D eigenvalue weighted by Gasteiger charge is -2.43. The van der Waals surface area contributed by atoms with Gasteiger partial charge >= 0.3 is 0 Å². The van der Waals surface area contributed by atoms with E-state index in [1.807, 2.05) is 0 Å². The van der Waals surface area contributed by atoms with Crippen LogP contribution >= 0.6 is 0 Å². The Hall–Kier alpha value is -2.44. The van der Waals surface area contributed by atoms with E-state index in [9.17, 15) is 0 Å². The molecule has 5 rings (SSSR count). The molecule has 2 aliphatic rings. The third kappa shape index (κ3) is 3.09. The number of aryl methyl sites for hydroxylation is 2. The van der Waals surface area contributed by atoms with Crippen LogP contribution in [0.2, 0.25) is 0 Å². The minimum atomic E-state index is 0.210. The lowest BCUT2D eigenvalue weighted by Crippen LogP contribution is -2.49. The number of morpholine rings is 1. The van der Waals surface area contributed by atoms with Crippen LogP contribution in [0.5, 0.6) is 0 Å². The van der Waals surface area contributed by atoms with E-state index < -0.39 is 0 Å². The molecule has 0 saturated carbocycles. The van der Waals surface area contributed by atoms with Gasteiger partial charge in [0.05, 0.1) is 24.6 Å². The van der Waals surface area contributed by atoms with Gasteiger partial charge in [-0.3, -0.25) is 4.90 Å². The monoisotopic (exact) mass is 363 g/mol. The molecular weight excluding hydrogens is 338 g/mol. The van der Waals surface area contributed by atoms with E-state index in [-0.39, 0.29) is 6.04 Å². The van der Waals surface area contributed by atoms with Crippen molar-refractivity contribution in [2.24, 2.45) is 0 Å². The van der Waals surface area contributed by atoms with Gasteiger partial charge in [0, 0.05) is 24.8 Å². The van der Waals surface area contributed by atoms with Crippen LogP contribution in [0, 0.1) is 6.92 Å². The number of rotatable bonds is 3. The highest BCUT2D eigenvalue weighted by Crippen LogP contribution is 2.36. The SMILES string of the molecule is Cc1cc2c(N[C@H]3c4ccccc4CC[C@@H]3N3CCOCC3)ncnc2[nH]1. The van der Waals surface area contributed by atoms with Crippen molar-refractivity contribution in [2.75, 3.05) is 31.6 Å². The summed E-state index contributed by atoms with van der Waals surface area (Å²) in [4.78, 5) is 14.8. The fraction of sp³-hybridized carbons (Fsp3) is 0.429. The Labute approximate surface area is 159 Å². The number of anilines is 1. The molecule has 1 aliphatic heterocycles. The van der Waals surface area contributed by atoms with E-state index in [2.05, 4.69) is 62.4 Å². The maximum absolute atomic E-state index is 5.59. The van der Waals surface area contributed by atoms with E-state index in [0.29, 0.717) is 6.04 Å². The lowest BCUT2D eigenvalue weighted by atomic mass is 9.83. The fourth-order valence-corrected chi connectivity index (χ4v) is 4.55. The van der Waals surface area contributed by atoms with Gasteiger partial charge in [0.1, 0.15) is 17.8 Å². The quantitative estimate of drug-likeness (QED) is 0.749. The maximum atomic E-state index is 5.59. The number of hydrogen-bond acceptors (Lipinski definition) is 5. The first-order valence-corrected chi connectivity index (χ1v) is 9.76. The largest absolute Gasteiger partial charge is 0.379 e. The van der Waals surface area contributed by atoms with Crippen LogP contribution in [-0.2, 0) is 11.2 Å². The van der Waals surface area contributed by atoms with Crippen LogP contribution in [0.15, 0.2) is 36.7 Å². The lowest BCUT2D eigenvalue weighted by molar-refractivity contribution is 0.00896. The Morgan fingerprint density at radius 3 is 2.93 bits per heavy atom. The highest BCUT2D eigenvalue weighted by Gasteiger charge is 2.34. The van der Waals surface area contributed by atoms with Gasteiger partial charge in [-0.25, -0.2) is 9.97 Å².